The van der Waals surface area contributed by atoms with Gasteiger partial charge in [-0.25, -0.2) is 13.4 Å². The molecule has 10 nitrogen and oxygen atoms in total. The van der Waals surface area contributed by atoms with E-state index < -0.39 is 38.2 Å². The number of nitrogens with zero attached hydrogens (tertiary/aromatic N) is 3. The first-order chi connectivity index (χ1) is 18.8. The summed E-state index contributed by atoms with van der Waals surface area (Å²) in [7, 11) is -3.49. The predicted octanol–water partition coefficient (Wildman–Crippen LogP) is 2.01. The molecule has 0 radical (unpaired) electrons. The molecule has 3 fully saturated rings. The van der Waals surface area contributed by atoms with Crippen molar-refractivity contribution >= 4 is 32.3 Å². The van der Waals surface area contributed by atoms with Gasteiger partial charge >= 0.3 is 0 Å². The van der Waals surface area contributed by atoms with Crippen molar-refractivity contribution in [2.24, 2.45) is 5.92 Å². The Morgan fingerprint density at radius 1 is 1.21 bits per heavy atom. The molecule has 2 aromatic heterocycles. The highest BCUT2D eigenvalue weighted by Crippen LogP contribution is 2.46. The number of hydrogen-bond donors (Lipinski definition) is 2. The summed E-state index contributed by atoms with van der Waals surface area (Å²) in [6.45, 7) is 4.17. The molecule has 3 aliphatic rings. The Hall–Kier alpha value is -3.70. The van der Waals surface area contributed by atoms with Crippen LogP contribution in [0.5, 0.6) is 5.88 Å². The SMILES string of the molecule is C=C[C@@H]1C[C@]1(NC(=O)[C@@H]1C[C@@H](Oc2nc(-c3cnccn3)cc3ccccc23)CN1)C(=O)CS(=O)(=O)C1CC1. The van der Waals surface area contributed by atoms with Crippen molar-refractivity contribution in [3.05, 3.63) is 61.6 Å². The summed E-state index contributed by atoms with van der Waals surface area (Å²) < 4.78 is 31.2. The number of hydrogen-bond acceptors (Lipinski definition) is 9. The van der Waals surface area contributed by atoms with Crippen LogP contribution >= 0.6 is 0 Å². The fraction of sp³-hybridized carbons (Fsp3) is 0.393. The first-order valence-electron chi connectivity index (χ1n) is 13.0. The molecule has 0 bridgehead atoms. The maximum atomic E-state index is 13.2. The Kier molecular flexibility index (Phi) is 6.43. The van der Waals surface area contributed by atoms with Gasteiger partial charge in [0.2, 0.25) is 11.8 Å². The zero-order valence-corrected chi connectivity index (χ0v) is 22.1. The lowest BCUT2D eigenvalue weighted by atomic mass is 10.1. The van der Waals surface area contributed by atoms with Gasteiger partial charge in [0.15, 0.2) is 15.6 Å². The van der Waals surface area contributed by atoms with Gasteiger partial charge in [0.25, 0.3) is 0 Å². The van der Waals surface area contributed by atoms with Gasteiger partial charge in [-0.05, 0) is 36.8 Å². The molecule has 1 aliphatic heterocycles. The summed E-state index contributed by atoms with van der Waals surface area (Å²) in [6.07, 6.45) is 8.02. The minimum Gasteiger partial charge on any atom is -0.472 e. The summed E-state index contributed by atoms with van der Waals surface area (Å²) in [5.74, 6) is -1.21. The Morgan fingerprint density at radius 2 is 2.03 bits per heavy atom. The zero-order valence-electron chi connectivity index (χ0n) is 21.2. The molecule has 3 aromatic rings. The number of carbonyl (C=O) groups excluding carboxylic acids is 2. The van der Waals surface area contributed by atoms with Crippen LogP contribution in [0.3, 0.4) is 0 Å². The van der Waals surface area contributed by atoms with E-state index in [0.717, 1.165) is 10.8 Å². The number of rotatable bonds is 10. The van der Waals surface area contributed by atoms with Gasteiger partial charge in [-0.15, -0.1) is 6.58 Å². The van der Waals surface area contributed by atoms with Crippen LogP contribution in [0.15, 0.2) is 61.6 Å². The van der Waals surface area contributed by atoms with E-state index in [1.165, 1.54) is 0 Å². The molecule has 4 atom stereocenters. The minimum absolute atomic E-state index is 0.281. The van der Waals surface area contributed by atoms with Crippen LogP contribution in [0, 0.1) is 5.92 Å². The maximum absolute atomic E-state index is 13.2. The second kappa shape index (κ2) is 9.80. The van der Waals surface area contributed by atoms with Crippen molar-refractivity contribution in [3.8, 4) is 17.3 Å². The molecular weight excluding hydrogens is 518 g/mol. The highest BCUT2D eigenvalue weighted by atomic mass is 32.2. The second-order valence-corrected chi connectivity index (χ2v) is 12.8. The van der Waals surface area contributed by atoms with Crippen molar-refractivity contribution in [2.75, 3.05) is 12.3 Å². The lowest BCUT2D eigenvalue weighted by Gasteiger charge is -2.20. The van der Waals surface area contributed by atoms with Crippen LogP contribution in [0.1, 0.15) is 25.7 Å². The van der Waals surface area contributed by atoms with Crippen molar-refractivity contribution in [2.45, 2.75) is 48.6 Å². The number of benzene rings is 1. The van der Waals surface area contributed by atoms with Gasteiger partial charge in [0, 0.05) is 36.7 Å². The van der Waals surface area contributed by atoms with Gasteiger partial charge in [-0.1, -0.05) is 24.3 Å². The van der Waals surface area contributed by atoms with Gasteiger partial charge in [-0.2, -0.15) is 0 Å². The van der Waals surface area contributed by atoms with Crippen LogP contribution in [0.2, 0.25) is 0 Å². The van der Waals surface area contributed by atoms with Gasteiger partial charge in [0.1, 0.15) is 23.1 Å². The number of ketones is 1. The molecule has 1 amide bonds. The monoisotopic (exact) mass is 547 g/mol. The molecule has 3 heterocycles. The molecule has 1 aromatic carbocycles. The quantitative estimate of drug-likeness (QED) is 0.365. The Balaban J connectivity index is 1.15. The lowest BCUT2D eigenvalue weighted by Crippen LogP contribution is -2.52. The van der Waals surface area contributed by atoms with Gasteiger partial charge in [0.05, 0.1) is 23.2 Å². The predicted molar refractivity (Wildman–Crippen MR) is 145 cm³/mol. The fourth-order valence-corrected chi connectivity index (χ4v) is 6.95. The Bertz CT molecular complexity index is 1560. The molecule has 2 saturated carbocycles. The zero-order chi connectivity index (χ0) is 27.2. The lowest BCUT2D eigenvalue weighted by molar-refractivity contribution is -0.129. The average Bonchev–Trinajstić information content (AvgIpc) is 3.86. The summed E-state index contributed by atoms with van der Waals surface area (Å²) >= 11 is 0. The van der Waals surface area contributed by atoms with E-state index in [0.29, 0.717) is 49.5 Å². The molecule has 0 spiro atoms. The first kappa shape index (κ1) is 25.6. The minimum atomic E-state index is -3.49. The number of ether oxygens (including phenoxy) is 1. The number of amides is 1. The third kappa shape index (κ3) is 5.04. The summed E-state index contributed by atoms with van der Waals surface area (Å²) in [6, 6.07) is 9.08. The average molecular weight is 548 g/mol. The molecule has 6 rings (SSSR count). The van der Waals surface area contributed by atoms with Crippen molar-refractivity contribution in [3.63, 3.8) is 0 Å². The number of sulfone groups is 1. The largest absolute Gasteiger partial charge is 0.472 e. The van der Waals surface area contributed by atoms with Crippen molar-refractivity contribution in [1.29, 1.82) is 0 Å². The molecule has 202 valence electrons. The fourth-order valence-electron chi connectivity index (χ4n) is 5.24. The molecular formula is C28H29N5O5S. The molecule has 2 aliphatic carbocycles. The summed E-state index contributed by atoms with van der Waals surface area (Å²) in [4.78, 5) is 39.5. The summed E-state index contributed by atoms with van der Waals surface area (Å²) in [5, 5.41) is 7.39. The van der Waals surface area contributed by atoms with E-state index in [-0.39, 0.29) is 17.9 Å². The van der Waals surface area contributed by atoms with E-state index in [4.69, 9.17) is 9.72 Å². The first-order valence-corrected chi connectivity index (χ1v) is 14.8. The molecule has 39 heavy (non-hydrogen) atoms. The van der Waals surface area contributed by atoms with Gasteiger partial charge in [-0.3, -0.25) is 19.6 Å². The van der Waals surface area contributed by atoms with Gasteiger partial charge < -0.3 is 15.4 Å². The van der Waals surface area contributed by atoms with Crippen LogP contribution < -0.4 is 15.4 Å². The smallest absolute Gasteiger partial charge is 0.238 e. The summed E-state index contributed by atoms with van der Waals surface area (Å²) in [5.41, 5.74) is 0.0437. The highest BCUT2D eigenvalue weighted by Gasteiger charge is 2.60. The third-order valence-electron chi connectivity index (χ3n) is 7.72. The topological polar surface area (TPSA) is 140 Å². The van der Waals surface area contributed by atoms with E-state index >= 15 is 0 Å². The van der Waals surface area contributed by atoms with E-state index in [2.05, 4.69) is 27.2 Å². The van der Waals surface area contributed by atoms with E-state index in [1.54, 1.807) is 24.7 Å². The number of fused-ring (bicyclic) bond motifs is 1. The van der Waals surface area contributed by atoms with Crippen LogP contribution in [0.4, 0.5) is 0 Å². The third-order valence-corrected chi connectivity index (χ3v) is 9.88. The Morgan fingerprint density at radius 3 is 2.74 bits per heavy atom. The maximum Gasteiger partial charge on any atom is 0.238 e. The highest BCUT2D eigenvalue weighted by molar-refractivity contribution is 7.93. The van der Waals surface area contributed by atoms with Crippen molar-refractivity contribution < 1.29 is 22.7 Å². The number of Topliss-reactive ketones (excluding diaryl/α,β-unsaturated/α-hetero) is 1. The normalized spacial score (nSPS) is 26.2. The van der Waals surface area contributed by atoms with Crippen LogP contribution in [0.25, 0.3) is 22.2 Å². The van der Waals surface area contributed by atoms with Crippen molar-refractivity contribution in [1.82, 2.24) is 25.6 Å². The van der Waals surface area contributed by atoms with Crippen LogP contribution in [-0.4, -0.2) is 70.3 Å². The van der Waals surface area contributed by atoms with Crippen LogP contribution in [-0.2, 0) is 19.4 Å². The number of carbonyl (C=O) groups is 2. The van der Waals surface area contributed by atoms with E-state index in [9.17, 15) is 18.0 Å². The second-order valence-electron chi connectivity index (χ2n) is 10.5. The number of aromatic nitrogens is 3. The number of nitrogens with one attached hydrogen (secondary N) is 2. The van der Waals surface area contributed by atoms with E-state index in [1.807, 2.05) is 30.3 Å². The Labute approximate surface area is 226 Å². The molecule has 0 unspecified atom stereocenters. The molecule has 1 saturated heterocycles. The molecule has 2 N–H and O–H groups in total. The standard InChI is InChI=1S/C28H29N5O5S/c1-2-18-13-28(18,25(34)16-39(36,37)20-7-8-20)33-26(35)23-12-19(14-31-23)38-27-21-6-4-3-5-17(21)11-22(32-27)24-15-29-9-10-30-24/h2-6,9-11,15,18-20,23,31H,1,7-8,12-14,16H2,(H,33,35)/t18-,19-,23+,28-/m1/s1. The number of pyridine rings is 1. The molecule has 11 heteroatoms.